The third kappa shape index (κ3) is 3.89. The highest BCUT2D eigenvalue weighted by atomic mass is 16.5. The summed E-state index contributed by atoms with van der Waals surface area (Å²) in [5.41, 5.74) is 2.00. The van der Waals surface area contributed by atoms with Crippen LogP contribution in [-0.2, 0) is 29.0 Å². The Labute approximate surface area is 117 Å². The molecule has 1 N–H and O–H groups in total. The number of benzene rings is 1. The summed E-state index contributed by atoms with van der Waals surface area (Å²) in [5.74, 6) is 0.922. The van der Waals surface area contributed by atoms with E-state index in [0.29, 0.717) is 24.8 Å². The third-order valence-electron chi connectivity index (χ3n) is 2.84. The van der Waals surface area contributed by atoms with Gasteiger partial charge in [0.05, 0.1) is 20.1 Å². The Balaban J connectivity index is 1.93. The smallest absolute Gasteiger partial charge is 0.309 e. The number of methoxy groups -OCH3 is 1. The van der Waals surface area contributed by atoms with Crippen molar-refractivity contribution in [3.63, 3.8) is 0 Å². The van der Waals surface area contributed by atoms with Crippen molar-refractivity contribution in [2.45, 2.75) is 26.4 Å². The van der Waals surface area contributed by atoms with Gasteiger partial charge in [-0.3, -0.25) is 4.79 Å². The van der Waals surface area contributed by atoms with Gasteiger partial charge < -0.3 is 14.6 Å². The van der Waals surface area contributed by atoms with Gasteiger partial charge in [0.25, 0.3) is 0 Å². The molecule has 6 heteroatoms. The average molecular weight is 275 g/mol. The summed E-state index contributed by atoms with van der Waals surface area (Å²) in [7, 11) is 1.39. The number of rotatable bonds is 6. The van der Waals surface area contributed by atoms with Crippen LogP contribution in [0.3, 0.4) is 0 Å². The van der Waals surface area contributed by atoms with Crippen molar-refractivity contribution in [1.29, 1.82) is 0 Å². The van der Waals surface area contributed by atoms with Crippen LogP contribution in [-0.4, -0.2) is 23.2 Å². The number of nitrogens with zero attached hydrogens (tertiary/aromatic N) is 2. The van der Waals surface area contributed by atoms with Crippen LogP contribution in [0.1, 0.15) is 22.8 Å². The molecule has 0 spiro atoms. The molecule has 0 fully saturated rings. The van der Waals surface area contributed by atoms with Crippen molar-refractivity contribution in [2.24, 2.45) is 0 Å². The number of hydrogen-bond acceptors (Lipinski definition) is 6. The lowest BCUT2D eigenvalue weighted by Crippen LogP contribution is -2.15. The SMILES string of the molecule is COC(=O)Cc1ccccc1CNCc1nc(C)no1. The fourth-order valence-electron chi connectivity index (χ4n) is 1.85. The Morgan fingerprint density at radius 1 is 1.30 bits per heavy atom. The average Bonchev–Trinajstić information content (AvgIpc) is 2.86. The number of hydrogen-bond donors (Lipinski definition) is 1. The Bertz CT molecular complexity index is 581. The van der Waals surface area contributed by atoms with Gasteiger partial charge in [-0.25, -0.2) is 0 Å². The van der Waals surface area contributed by atoms with Crippen molar-refractivity contribution >= 4 is 5.97 Å². The number of ether oxygens (including phenoxy) is 1. The van der Waals surface area contributed by atoms with Gasteiger partial charge >= 0.3 is 5.97 Å². The lowest BCUT2D eigenvalue weighted by molar-refractivity contribution is -0.139. The molecular weight excluding hydrogens is 258 g/mol. The van der Waals surface area contributed by atoms with Crippen molar-refractivity contribution < 1.29 is 14.1 Å². The highest BCUT2D eigenvalue weighted by Gasteiger charge is 2.08. The quantitative estimate of drug-likeness (QED) is 0.803. The van der Waals surface area contributed by atoms with Crippen LogP contribution in [0.4, 0.5) is 0 Å². The normalized spacial score (nSPS) is 10.5. The van der Waals surface area contributed by atoms with Gasteiger partial charge in [0, 0.05) is 6.54 Å². The zero-order valence-corrected chi connectivity index (χ0v) is 11.5. The molecule has 2 aromatic rings. The number of carbonyl (C=O) groups excluding carboxylic acids is 1. The summed E-state index contributed by atoms with van der Waals surface area (Å²) in [6, 6.07) is 7.74. The summed E-state index contributed by atoms with van der Waals surface area (Å²) in [5, 5.41) is 6.94. The Morgan fingerprint density at radius 2 is 2.05 bits per heavy atom. The van der Waals surface area contributed by atoms with E-state index in [9.17, 15) is 4.79 Å². The molecule has 0 aliphatic heterocycles. The molecule has 6 nitrogen and oxygen atoms in total. The van der Waals surface area contributed by atoms with E-state index in [4.69, 9.17) is 9.26 Å². The molecule has 1 heterocycles. The second-order valence-electron chi connectivity index (χ2n) is 4.36. The van der Waals surface area contributed by atoms with E-state index in [2.05, 4.69) is 15.5 Å². The molecule has 1 aromatic carbocycles. The maximum absolute atomic E-state index is 11.4. The van der Waals surface area contributed by atoms with Crippen LogP contribution in [0.25, 0.3) is 0 Å². The van der Waals surface area contributed by atoms with E-state index < -0.39 is 0 Å². The molecule has 1 aromatic heterocycles. The van der Waals surface area contributed by atoms with Gasteiger partial charge in [0.1, 0.15) is 0 Å². The Hall–Kier alpha value is -2.21. The minimum atomic E-state index is -0.245. The van der Waals surface area contributed by atoms with Crippen molar-refractivity contribution in [1.82, 2.24) is 15.5 Å². The zero-order chi connectivity index (χ0) is 14.4. The fourth-order valence-corrected chi connectivity index (χ4v) is 1.85. The highest BCUT2D eigenvalue weighted by molar-refractivity contribution is 5.72. The van der Waals surface area contributed by atoms with E-state index in [1.807, 2.05) is 24.3 Å². The molecule has 0 bridgehead atoms. The molecule has 0 radical (unpaired) electrons. The maximum Gasteiger partial charge on any atom is 0.309 e. The number of aromatic nitrogens is 2. The second kappa shape index (κ2) is 6.81. The summed E-state index contributed by atoms with van der Waals surface area (Å²) in [6.07, 6.45) is 0.272. The van der Waals surface area contributed by atoms with Gasteiger partial charge in [-0.05, 0) is 18.1 Å². The van der Waals surface area contributed by atoms with Gasteiger partial charge in [-0.1, -0.05) is 29.4 Å². The first-order valence-electron chi connectivity index (χ1n) is 6.32. The molecule has 106 valence electrons. The highest BCUT2D eigenvalue weighted by Crippen LogP contribution is 2.10. The van der Waals surface area contributed by atoms with Crippen molar-refractivity contribution in [3.05, 3.63) is 47.1 Å². The van der Waals surface area contributed by atoms with Crippen molar-refractivity contribution in [3.8, 4) is 0 Å². The number of carbonyl (C=O) groups is 1. The van der Waals surface area contributed by atoms with Crippen LogP contribution in [0, 0.1) is 6.92 Å². The van der Waals surface area contributed by atoms with Gasteiger partial charge in [-0.15, -0.1) is 0 Å². The molecular formula is C14H17N3O3. The molecule has 0 saturated heterocycles. The lowest BCUT2D eigenvalue weighted by atomic mass is 10.0. The van der Waals surface area contributed by atoms with Crippen LogP contribution in [0.2, 0.25) is 0 Å². The van der Waals surface area contributed by atoms with Crippen LogP contribution in [0.15, 0.2) is 28.8 Å². The maximum atomic E-state index is 11.4. The molecule has 0 aliphatic rings. The minimum Gasteiger partial charge on any atom is -0.469 e. The Kier molecular flexibility index (Phi) is 4.84. The van der Waals surface area contributed by atoms with Crippen molar-refractivity contribution in [2.75, 3.05) is 7.11 Å². The first-order valence-corrected chi connectivity index (χ1v) is 6.32. The van der Waals surface area contributed by atoms with Gasteiger partial charge in [-0.2, -0.15) is 4.98 Å². The van der Waals surface area contributed by atoms with Crippen LogP contribution in [0.5, 0.6) is 0 Å². The Morgan fingerprint density at radius 3 is 2.70 bits per heavy atom. The molecule has 0 unspecified atom stereocenters. The van der Waals surface area contributed by atoms with Gasteiger partial charge in [0.15, 0.2) is 5.82 Å². The first kappa shape index (κ1) is 14.2. The standard InChI is InChI=1S/C14H17N3O3/c1-10-16-13(20-17-10)9-15-8-12-6-4-3-5-11(12)7-14(18)19-2/h3-6,15H,7-9H2,1-2H3. The fraction of sp³-hybridized carbons (Fsp3) is 0.357. The van der Waals surface area contributed by atoms with Crippen LogP contribution >= 0.6 is 0 Å². The number of nitrogens with one attached hydrogen (secondary N) is 1. The topological polar surface area (TPSA) is 77.2 Å². The lowest BCUT2D eigenvalue weighted by Gasteiger charge is -2.08. The molecule has 20 heavy (non-hydrogen) atoms. The molecule has 0 amide bonds. The molecule has 0 saturated carbocycles. The number of esters is 1. The monoisotopic (exact) mass is 275 g/mol. The minimum absolute atomic E-state index is 0.245. The summed E-state index contributed by atoms with van der Waals surface area (Å²) >= 11 is 0. The van der Waals surface area contributed by atoms with E-state index in [-0.39, 0.29) is 12.4 Å². The van der Waals surface area contributed by atoms with E-state index in [1.165, 1.54) is 7.11 Å². The van der Waals surface area contributed by atoms with E-state index in [0.717, 1.165) is 11.1 Å². The molecule has 2 rings (SSSR count). The predicted octanol–water partition coefficient (Wildman–Crippen LogP) is 1.38. The number of aryl methyl sites for hydroxylation is 1. The molecule has 0 atom stereocenters. The zero-order valence-electron chi connectivity index (χ0n) is 11.5. The molecule has 0 aliphatic carbocycles. The summed E-state index contributed by atoms with van der Waals surface area (Å²) in [6.45, 7) is 2.89. The largest absolute Gasteiger partial charge is 0.469 e. The predicted molar refractivity (Wildman–Crippen MR) is 71.7 cm³/mol. The first-order chi connectivity index (χ1) is 9.69. The third-order valence-corrected chi connectivity index (χ3v) is 2.84. The van der Waals surface area contributed by atoms with E-state index in [1.54, 1.807) is 6.92 Å². The van der Waals surface area contributed by atoms with Crippen LogP contribution < -0.4 is 5.32 Å². The second-order valence-corrected chi connectivity index (χ2v) is 4.36. The van der Waals surface area contributed by atoms with Gasteiger partial charge in [0.2, 0.25) is 5.89 Å². The van der Waals surface area contributed by atoms with E-state index >= 15 is 0 Å². The summed E-state index contributed by atoms with van der Waals surface area (Å²) < 4.78 is 9.71. The summed E-state index contributed by atoms with van der Waals surface area (Å²) in [4.78, 5) is 15.5.